The molecule has 0 bridgehead atoms. The van der Waals surface area contributed by atoms with E-state index in [9.17, 15) is 4.79 Å². The minimum Gasteiger partial charge on any atom is -0.445 e. The molecule has 2 rings (SSSR count). The molecule has 1 aliphatic heterocycles. The van der Waals surface area contributed by atoms with Gasteiger partial charge in [0.15, 0.2) is 0 Å². The Morgan fingerprint density at radius 3 is 2.87 bits per heavy atom. The lowest BCUT2D eigenvalue weighted by atomic mass is 9.97. The summed E-state index contributed by atoms with van der Waals surface area (Å²) in [7, 11) is 0. The van der Waals surface area contributed by atoms with Crippen LogP contribution < -0.4 is 5.73 Å². The van der Waals surface area contributed by atoms with Crippen molar-refractivity contribution in [2.45, 2.75) is 26.4 Å². The van der Waals surface area contributed by atoms with Gasteiger partial charge in [-0.15, -0.1) is 0 Å². The summed E-state index contributed by atoms with van der Waals surface area (Å²) in [6, 6.07) is 9.80. The number of nitrogens with two attached hydrogens (primary N) is 1. The Morgan fingerprint density at radius 2 is 2.17 bits per heavy atom. The van der Waals surface area contributed by atoms with Gasteiger partial charge in [-0.1, -0.05) is 30.3 Å². The van der Waals surface area contributed by atoms with Crippen LogP contribution in [0.15, 0.2) is 30.3 Å². The molecule has 1 heterocycles. The highest BCUT2D eigenvalue weighted by Crippen LogP contribution is 2.18. The van der Waals surface area contributed by atoms with Crippen molar-refractivity contribution in [3.63, 3.8) is 0 Å². The molecular weight excluding hydrogens is 290 g/mol. The summed E-state index contributed by atoms with van der Waals surface area (Å²) in [5, 5.41) is 0. The van der Waals surface area contributed by atoms with E-state index in [0.717, 1.165) is 31.7 Å². The van der Waals surface area contributed by atoms with Gasteiger partial charge in [-0.2, -0.15) is 0 Å². The van der Waals surface area contributed by atoms with Crippen molar-refractivity contribution < 1.29 is 9.53 Å². The van der Waals surface area contributed by atoms with Gasteiger partial charge >= 0.3 is 6.09 Å². The summed E-state index contributed by atoms with van der Waals surface area (Å²) in [6.45, 7) is 7.58. The Hall–Kier alpha value is -1.59. The van der Waals surface area contributed by atoms with E-state index in [4.69, 9.17) is 10.5 Å². The lowest BCUT2D eigenvalue weighted by molar-refractivity contribution is 0.0814. The molecule has 0 spiro atoms. The van der Waals surface area contributed by atoms with E-state index in [-0.39, 0.29) is 6.09 Å². The number of likely N-dealkylation sites (tertiary alicyclic amines) is 1. The number of nitrogens with zero attached hydrogens (tertiary/aromatic N) is 2. The molecule has 0 aromatic heterocycles. The monoisotopic (exact) mass is 319 g/mol. The first-order valence-corrected chi connectivity index (χ1v) is 8.61. The average Bonchev–Trinajstić information content (AvgIpc) is 2.59. The standard InChI is InChI=1S/C18H29N3O2/c1-2-21(14-17-9-6-11-20(13-17)12-10-19)18(22)23-15-16-7-4-3-5-8-16/h3-5,7-8,17H,2,6,9-15,19H2,1H3/t17-/m0/s1. The SMILES string of the molecule is CCN(C[C@H]1CCCN(CCN)C1)C(=O)OCc1ccccc1. The van der Waals surface area contributed by atoms with E-state index >= 15 is 0 Å². The normalized spacial score (nSPS) is 18.6. The largest absolute Gasteiger partial charge is 0.445 e. The Kier molecular flexibility index (Phi) is 7.36. The van der Waals surface area contributed by atoms with Crippen molar-refractivity contribution in [1.82, 2.24) is 9.80 Å². The minimum absolute atomic E-state index is 0.215. The first-order valence-electron chi connectivity index (χ1n) is 8.61. The Labute approximate surface area is 139 Å². The van der Waals surface area contributed by atoms with Gasteiger partial charge in [0.2, 0.25) is 0 Å². The highest BCUT2D eigenvalue weighted by atomic mass is 16.6. The van der Waals surface area contributed by atoms with Crippen LogP contribution >= 0.6 is 0 Å². The third-order valence-electron chi connectivity index (χ3n) is 4.37. The van der Waals surface area contributed by atoms with Crippen molar-refractivity contribution in [1.29, 1.82) is 0 Å². The molecule has 1 aliphatic rings. The van der Waals surface area contributed by atoms with Crippen molar-refractivity contribution in [3.8, 4) is 0 Å². The Morgan fingerprint density at radius 1 is 1.39 bits per heavy atom. The number of benzene rings is 1. The predicted molar refractivity (Wildman–Crippen MR) is 92.1 cm³/mol. The lowest BCUT2D eigenvalue weighted by Gasteiger charge is -2.35. The predicted octanol–water partition coefficient (Wildman–Crippen LogP) is 2.32. The molecule has 5 nitrogen and oxygen atoms in total. The van der Waals surface area contributed by atoms with Gasteiger partial charge in [0.1, 0.15) is 6.61 Å². The smallest absolute Gasteiger partial charge is 0.410 e. The van der Waals surface area contributed by atoms with Crippen LogP contribution in [0.3, 0.4) is 0 Å². The first-order chi connectivity index (χ1) is 11.2. The second-order valence-electron chi connectivity index (χ2n) is 6.18. The number of amides is 1. The maximum Gasteiger partial charge on any atom is 0.410 e. The molecule has 0 aliphatic carbocycles. The molecule has 23 heavy (non-hydrogen) atoms. The molecule has 0 saturated carbocycles. The molecule has 2 N–H and O–H groups in total. The summed E-state index contributed by atoms with van der Waals surface area (Å²) in [6.07, 6.45) is 2.14. The second-order valence-corrected chi connectivity index (χ2v) is 6.18. The number of rotatable bonds is 7. The van der Waals surface area contributed by atoms with Crippen molar-refractivity contribution in [2.75, 3.05) is 39.3 Å². The van der Waals surface area contributed by atoms with Crippen LogP contribution in [0.25, 0.3) is 0 Å². The van der Waals surface area contributed by atoms with Crippen LogP contribution in [0.4, 0.5) is 4.79 Å². The van der Waals surface area contributed by atoms with E-state index in [2.05, 4.69) is 4.90 Å². The third kappa shape index (κ3) is 5.84. The second kappa shape index (κ2) is 9.53. The van der Waals surface area contributed by atoms with Crippen molar-refractivity contribution in [2.24, 2.45) is 11.7 Å². The maximum atomic E-state index is 12.3. The quantitative estimate of drug-likeness (QED) is 0.838. The van der Waals surface area contributed by atoms with E-state index in [1.165, 1.54) is 12.8 Å². The molecule has 1 aromatic rings. The average molecular weight is 319 g/mol. The van der Waals surface area contributed by atoms with Gasteiger partial charge in [0.05, 0.1) is 0 Å². The van der Waals surface area contributed by atoms with Gasteiger partial charge in [-0.3, -0.25) is 0 Å². The molecule has 5 heteroatoms. The van der Waals surface area contributed by atoms with Gasteiger partial charge in [0.25, 0.3) is 0 Å². The van der Waals surface area contributed by atoms with E-state index in [0.29, 0.717) is 25.6 Å². The highest BCUT2D eigenvalue weighted by Gasteiger charge is 2.24. The minimum atomic E-state index is -0.215. The van der Waals surface area contributed by atoms with Crippen molar-refractivity contribution >= 4 is 6.09 Å². The Bertz CT molecular complexity index is 465. The third-order valence-corrected chi connectivity index (χ3v) is 4.37. The molecule has 1 fully saturated rings. The van der Waals surface area contributed by atoms with E-state index < -0.39 is 0 Å². The zero-order chi connectivity index (χ0) is 16.5. The summed E-state index contributed by atoms with van der Waals surface area (Å²) in [5.74, 6) is 0.513. The first kappa shape index (κ1) is 17.8. The molecule has 1 aromatic carbocycles. The van der Waals surface area contributed by atoms with Crippen LogP contribution in [-0.2, 0) is 11.3 Å². The molecule has 0 unspecified atom stereocenters. The number of hydrogen-bond donors (Lipinski definition) is 1. The summed E-state index contributed by atoms with van der Waals surface area (Å²) >= 11 is 0. The van der Waals surface area contributed by atoms with Gasteiger partial charge in [-0.25, -0.2) is 4.79 Å². The van der Waals surface area contributed by atoms with Crippen LogP contribution in [0.2, 0.25) is 0 Å². The summed E-state index contributed by atoms with van der Waals surface area (Å²) in [4.78, 5) is 16.5. The molecule has 128 valence electrons. The number of carbonyl (C=O) groups excluding carboxylic acids is 1. The molecule has 1 saturated heterocycles. The van der Waals surface area contributed by atoms with Gasteiger partial charge in [0, 0.05) is 32.7 Å². The number of carbonyl (C=O) groups is 1. The van der Waals surface area contributed by atoms with Gasteiger partial charge in [-0.05, 0) is 37.8 Å². The molecule has 1 amide bonds. The summed E-state index contributed by atoms with van der Waals surface area (Å²) < 4.78 is 5.45. The Balaban J connectivity index is 1.80. The number of ether oxygens (including phenoxy) is 1. The zero-order valence-electron chi connectivity index (χ0n) is 14.1. The topological polar surface area (TPSA) is 58.8 Å². The lowest BCUT2D eigenvalue weighted by Crippen LogP contribution is -2.44. The van der Waals surface area contributed by atoms with Crippen LogP contribution in [-0.4, -0.2) is 55.2 Å². The fraction of sp³-hybridized carbons (Fsp3) is 0.611. The fourth-order valence-electron chi connectivity index (χ4n) is 3.14. The molecule has 1 atom stereocenters. The summed E-state index contributed by atoms with van der Waals surface area (Å²) in [5.41, 5.74) is 6.67. The van der Waals surface area contributed by atoms with Crippen LogP contribution in [0, 0.1) is 5.92 Å². The molecular formula is C18H29N3O2. The van der Waals surface area contributed by atoms with Gasteiger partial charge < -0.3 is 20.3 Å². The van der Waals surface area contributed by atoms with E-state index in [1.54, 1.807) is 0 Å². The van der Waals surface area contributed by atoms with Crippen molar-refractivity contribution in [3.05, 3.63) is 35.9 Å². The number of piperidine rings is 1. The maximum absolute atomic E-state index is 12.3. The van der Waals surface area contributed by atoms with Crippen LogP contribution in [0.5, 0.6) is 0 Å². The number of hydrogen-bond acceptors (Lipinski definition) is 4. The molecule has 0 radical (unpaired) electrons. The zero-order valence-corrected chi connectivity index (χ0v) is 14.1. The van der Waals surface area contributed by atoms with Crippen LogP contribution in [0.1, 0.15) is 25.3 Å². The fourth-order valence-corrected chi connectivity index (χ4v) is 3.14. The van der Waals surface area contributed by atoms with E-state index in [1.807, 2.05) is 42.2 Å². The highest BCUT2D eigenvalue weighted by molar-refractivity contribution is 5.67.